The molecule has 0 radical (unpaired) electrons. The molecule has 0 atom stereocenters. The molecule has 1 aliphatic rings. The Bertz CT molecular complexity index is 2740. The largest absolute Gasteiger partial charge is 0.298 e. The van der Waals surface area contributed by atoms with Gasteiger partial charge in [-0.1, -0.05) is 127 Å². The van der Waals surface area contributed by atoms with Crippen LogP contribution in [0.25, 0.3) is 66.1 Å². The van der Waals surface area contributed by atoms with E-state index in [4.69, 9.17) is 5.10 Å². The van der Waals surface area contributed by atoms with Gasteiger partial charge in [0.05, 0.1) is 11.4 Å². The number of allylic oxidation sites excluding steroid dienone is 4. The molecule has 0 saturated heterocycles. The number of hydrogen-bond acceptors (Lipinski definition) is 4. The molecule has 2 N–H and O–H groups in total. The van der Waals surface area contributed by atoms with E-state index in [1.54, 1.807) is 6.20 Å². The third kappa shape index (κ3) is 6.58. The van der Waals surface area contributed by atoms with E-state index in [9.17, 15) is 5.41 Å². The predicted molar refractivity (Wildman–Crippen MR) is 223 cm³/mol. The minimum absolute atomic E-state index is 0.359. The molecule has 0 saturated carbocycles. The van der Waals surface area contributed by atoms with Gasteiger partial charge in [0, 0.05) is 23.5 Å². The highest BCUT2D eigenvalue weighted by Crippen LogP contribution is 2.34. The molecule has 7 aromatic carbocycles. The van der Waals surface area contributed by atoms with Gasteiger partial charge in [-0.3, -0.25) is 15.8 Å². The van der Waals surface area contributed by atoms with Crippen LogP contribution in [0.1, 0.15) is 11.1 Å². The molecular formula is C49H34N4. The average molecular weight is 679 g/mol. The van der Waals surface area contributed by atoms with Crippen molar-refractivity contribution in [1.82, 2.24) is 4.98 Å². The fraction of sp³-hybridized carbons (Fsp3) is 0. The molecule has 250 valence electrons. The molecule has 53 heavy (non-hydrogen) atoms. The van der Waals surface area contributed by atoms with Crippen LogP contribution in [-0.4, -0.2) is 16.4 Å². The van der Waals surface area contributed by atoms with Crippen LogP contribution in [-0.2, 0) is 0 Å². The van der Waals surface area contributed by atoms with Crippen molar-refractivity contribution in [2.24, 2.45) is 5.10 Å². The van der Waals surface area contributed by atoms with Crippen molar-refractivity contribution in [2.45, 2.75) is 0 Å². The SMILES string of the molecule is N=C1C(c2ccc3cc(-c4ccccc4)ccc3c2)=CC(c2ccc3cc(-c4ccccc4)ccc3c2)=C/C1=N/Nc1cccc(-c2cccnc2)c1. The summed E-state index contributed by atoms with van der Waals surface area (Å²) in [5.74, 6) is 0. The lowest BCUT2D eigenvalue weighted by Gasteiger charge is -2.19. The van der Waals surface area contributed by atoms with Crippen molar-refractivity contribution in [3.63, 3.8) is 0 Å². The predicted octanol–water partition coefficient (Wildman–Crippen LogP) is 12.4. The summed E-state index contributed by atoms with van der Waals surface area (Å²) in [5, 5.41) is 18.9. The van der Waals surface area contributed by atoms with Gasteiger partial charge >= 0.3 is 0 Å². The summed E-state index contributed by atoms with van der Waals surface area (Å²) in [6.07, 6.45) is 7.77. The molecule has 0 aliphatic heterocycles. The number of rotatable bonds is 7. The standard InChI is InChI=1S/C49H34N4/c50-49-47(43-23-22-40-26-37(17-19-41(40)28-43)34-11-5-2-6-12-34)30-45(31-48(49)53-52-46-15-7-13-35(29-46)44-14-8-24-51-32-44)42-21-20-38-25-36(16-18-39(38)27-42)33-9-3-1-4-10-33/h1-32,50,52H/b50-49?,53-48-. The van der Waals surface area contributed by atoms with Crippen LogP contribution in [0.2, 0.25) is 0 Å². The molecule has 0 amide bonds. The maximum atomic E-state index is 9.43. The van der Waals surface area contributed by atoms with Crippen molar-refractivity contribution >= 4 is 49.8 Å². The normalized spacial score (nSPS) is 13.6. The minimum atomic E-state index is 0.359. The topological polar surface area (TPSA) is 61.1 Å². The fourth-order valence-electron chi connectivity index (χ4n) is 6.99. The van der Waals surface area contributed by atoms with Crippen LogP contribution < -0.4 is 5.43 Å². The number of fused-ring (bicyclic) bond motifs is 2. The average Bonchev–Trinajstić information content (AvgIpc) is 3.23. The monoisotopic (exact) mass is 678 g/mol. The molecule has 1 heterocycles. The number of pyridine rings is 1. The lowest BCUT2D eigenvalue weighted by atomic mass is 9.86. The highest BCUT2D eigenvalue weighted by molar-refractivity contribution is 6.62. The second-order valence-corrected chi connectivity index (χ2v) is 13.2. The van der Waals surface area contributed by atoms with Gasteiger partial charge in [0.25, 0.3) is 0 Å². The van der Waals surface area contributed by atoms with E-state index in [2.05, 4.69) is 150 Å². The van der Waals surface area contributed by atoms with E-state index in [1.807, 2.05) is 48.7 Å². The van der Waals surface area contributed by atoms with Gasteiger partial charge in [-0.25, -0.2) is 0 Å². The maximum Gasteiger partial charge on any atom is 0.109 e. The van der Waals surface area contributed by atoms with Gasteiger partial charge in [-0.15, -0.1) is 0 Å². The second kappa shape index (κ2) is 13.9. The van der Waals surface area contributed by atoms with Gasteiger partial charge in [0.1, 0.15) is 5.71 Å². The Hall–Kier alpha value is -7.17. The molecule has 0 unspecified atom stereocenters. The quantitative estimate of drug-likeness (QED) is 0.130. The zero-order valence-corrected chi connectivity index (χ0v) is 28.9. The van der Waals surface area contributed by atoms with Gasteiger partial charge in [-0.05, 0) is 121 Å². The zero-order valence-electron chi connectivity index (χ0n) is 28.9. The summed E-state index contributed by atoms with van der Waals surface area (Å²) >= 11 is 0. The minimum Gasteiger partial charge on any atom is -0.298 e. The molecule has 0 spiro atoms. The van der Waals surface area contributed by atoms with Crippen LogP contribution in [0.3, 0.4) is 0 Å². The Morgan fingerprint density at radius 3 is 1.58 bits per heavy atom. The summed E-state index contributed by atoms with van der Waals surface area (Å²) in [6.45, 7) is 0. The molecule has 4 nitrogen and oxygen atoms in total. The van der Waals surface area contributed by atoms with Gasteiger partial charge in [-0.2, -0.15) is 5.10 Å². The van der Waals surface area contributed by atoms with Crippen molar-refractivity contribution in [2.75, 3.05) is 5.43 Å². The van der Waals surface area contributed by atoms with Crippen LogP contribution in [0.5, 0.6) is 0 Å². The van der Waals surface area contributed by atoms with Crippen LogP contribution >= 0.6 is 0 Å². The number of benzene rings is 7. The summed E-state index contributed by atoms with van der Waals surface area (Å²) in [4.78, 5) is 4.28. The number of anilines is 1. The third-order valence-corrected chi connectivity index (χ3v) is 9.82. The van der Waals surface area contributed by atoms with Crippen LogP contribution in [0, 0.1) is 5.41 Å². The van der Waals surface area contributed by atoms with Crippen molar-refractivity contribution in [3.05, 3.63) is 206 Å². The van der Waals surface area contributed by atoms with Crippen molar-refractivity contribution < 1.29 is 0 Å². The van der Waals surface area contributed by atoms with Crippen LogP contribution in [0.15, 0.2) is 200 Å². The third-order valence-electron chi connectivity index (χ3n) is 9.82. The molecule has 1 aromatic heterocycles. The highest BCUT2D eigenvalue weighted by atomic mass is 15.3. The Morgan fingerprint density at radius 2 is 0.962 bits per heavy atom. The summed E-state index contributed by atoms with van der Waals surface area (Å²) in [6, 6.07) is 59.2. The van der Waals surface area contributed by atoms with E-state index in [-0.39, 0.29) is 0 Å². The first-order valence-electron chi connectivity index (χ1n) is 17.7. The Morgan fingerprint density at radius 1 is 0.434 bits per heavy atom. The summed E-state index contributed by atoms with van der Waals surface area (Å²) in [5.41, 5.74) is 15.7. The molecule has 1 aliphatic carbocycles. The highest BCUT2D eigenvalue weighted by Gasteiger charge is 2.21. The second-order valence-electron chi connectivity index (χ2n) is 13.2. The van der Waals surface area contributed by atoms with Gasteiger partial charge in [0.2, 0.25) is 0 Å². The van der Waals surface area contributed by atoms with Gasteiger partial charge in [0.15, 0.2) is 0 Å². The first-order valence-corrected chi connectivity index (χ1v) is 17.7. The fourth-order valence-corrected chi connectivity index (χ4v) is 6.99. The molecular weight excluding hydrogens is 645 g/mol. The number of hydrazone groups is 1. The summed E-state index contributed by atoms with van der Waals surface area (Å²) < 4.78 is 0. The van der Waals surface area contributed by atoms with E-state index >= 15 is 0 Å². The molecule has 0 fully saturated rings. The Labute approximate surface area is 308 Å². The van der Waals surface area contributed by atoms with Gasteiger partial charge < -0.3 is 0 Å². The number of nitrogens with zero attached hydrogens (tertiary/aromatic N) is 2. The van der Waals surface area contributed by atoms with Crippen molar-refractivity contribution in [1.29, 1.82) is 5.41 Å². The molecule has 4 heteroatoms. The maximum absolute atomic E-state index is 9.43. The molecule has 9 rings (SSSR count). The lowest BCUT2D eigenvalue weighted by molar-refractivity contribution is 1.32. The smallest absolute Gasteiger partial charge is 0.109 e. The van der Waals surface area contributed by atoms with E-state index in [1.165, 1.54) is 27.6 Å². The number of nitrogens with one attached hydrogen (secondary N) is 2. The van der Waals surface area contributed by atoms with Crippen molar-refractivity contribution in [3.8, 4) is 33.4 Å². The number of aromatic nitrogens is 1. The van der Waals surface area contributed by atoms with E-state index < -0.39 is 0 Å². The molecule has 8 aromatic rings. The molecule has 0 bridgehead atoms. The number of hydrogen-bond donors (Lipinski definition) is 2. The lowest BCUT2D eigenvalue weighted by Crippen LogP contribution is -2.18. The summed E-state index contributed by atoms with van der Waals surface area (Å²) in [7, 11) is 0. The first kappa shape index (κ1) is 31.8. The van der Waals surface area contributed by atoms with E-state index in [0.29, 0.717) is 11.4 Å². The van der Waals surface area contributed by atoms with Crippen LogP contribution in [0.4, 0.5) is 5.69 Å². The Kier molecular flexibility index (Phi) is 8.31. The van der Waals surface area contributed by atoms with E-state index in [0.717, 1.165) is 55.2 Å². The first-order chi connectivity index (χ1) is 26.1. The zero-order chi connectivity index (χ0) is 35.6. The Balaban J connectivity index is 1.10.